The van der Waals surface area contributed by atoms with Crippen molar-refractivity contribution >= 4 is 27.8 Å². The molecule has 294 valence electrons. The van der Waals surface area contributed by atoms with E-state index in [1.165, 1.54) is 105 Å². The van der Waals surface area contributed by atoms with E-state index in [-0.39, 0.29) is 10.8 Å². The Labute approximate surface area is 360 Å². The quantitative estimate of drug-likeness (QED) is 0.162. The number of rotatable bonds is 6. The van der Waals surface area contributed by atoms with Crippen LogP contribution in [0.4, 0.5) is 17.1 Å². The normalized spacial score (nSPS) is 14.0. The molecule has 0 radical (unpaired) electrons. The van der Waals surface area contributed by atoms with Crippen molar-refractivity contribution in [3.05, 3.63) is 221 Å². The Morgan fingerprint density at radius 3 is 1.25 bits per heavy atom. The van der Waals surface area contributed by atoms with E-state index in [0.717, 1.165) is 11.4 Å². The molecule has 0 atom stereocenters. The second-order valence-corrected chi connectivity index (χ2v) is 18.2. The van der Waals surface area contributed by atoms with Gasteiger partial charge in [0.2, 0.25) is 0 Å². The number of fused-ring (bicyclic) bond motifs is 7. The van der Waals surface area contributed by atoms with Crippen molar-refractivity contribution in [3.63, 3.8) is 0 Å². The van der Waals surface area contributed by atoms with Gasteiger partial charge >= 0.3 is 0 Å². The molecule has 0 N–H and O–H groups in total. The summed E-state index contributed by atoms with van der Waals surface area (Å²) in [4.78, 5) is 2.59. The monoisotopic (exact) mass is 783 g/mol. The van der Waals surface area contributed by atoms with Crippen LogP contribution < -0.4 is 4.90 Å². The van der Waals surface area contributed by atoms with Crippen molar-refractivity contribution < 1.29 is 0 Å². The van der Waals surface area contributed by atoms with Crippen LogP contribution in [0.5, 0.6) is 0 Å². The Hall–Kier alpha value is -6.96. The van der Waals surface area contributed by atoms with Gasteiger partial charge in [-0.25, -0.2) is 0 Å². The smallest absolute Gasteiger partial charge is 0.0619 e. The molecule has 0 heterocycles. The van der Waals surface area contributed by atoms with Gasteiger partial charge in [-0.2, -0.15) is 0 Å². The zero-order valence-electron chi connectivity index (χ0n) is 35.8. The van der Waals surface area contributed by atoms with E-state index in [9.17, 15) is 0 Å². The Morgan fingerprint density at radius 1 is 0.311 bits per heavy atom. The van der Waals surface area contributed by atoms with Crippen LogP contribution in [-0.2, 0) is 10.8 Å². The van der Waals surface area contributed by atoms with Crippen molar-refractivity contribution in [2.75, 3.05) is 4.90 Å². The molecule has 1 heteroatoms. The maximum Gasteiger partial charge on any atom is 0.0619 e. The number of anilines is 3. The summed E-state index contributed by atoms with van der Waals surface area (Å²) in [5.74, 6) is 0. The van der Waals surface area contributed by atoms with E-state index < -0.39 is 0 Å². The Morgan fingerprint density at radius 2 is 0.738 bits per heavy atom. The van der Waals surface area contributed by atoms with E-state index in [1.807, 2.05) is 0 Å². The van der Waals surface area contributed by atoms with Crippen LogP contribution in [0.2, 0.25) is 0 Å². The average molecular weight is 784 g/mol. The molecule has 0 aliphatic heterocycles. The maximum atomic E-state index is 2.59. The van der Waals surface area contributed by atoms with Gasteiger partial charge in [-0.15, -0.1) is 0 Å². The summed E-state index contributed by atoms with van der Waals surface area (Å²) in [5, 5.41) is 2.49. The summed E-state index contributed by atoms with van der Waals surface area (Å²) in [5.41, 5.74) is 23.7. The first-order valence-corrected chi connectivity index (χ1v) is 21.7. The third-order valence-electron chi connectivity index (χ3n) is 13.9. The topological polar surface area (TPSA) is 3.24 Å². The van der Waals surface area contributed by atoms with Crippen LogP contribution in [-0.4, -0.2) is 0 Å². The van der Waals surface area contributed by atoms with Gasteiger partial charge in [-0.05, 0) is 145 Å². The predicted molar refractivity (Wildman–Crippen MR) is 260 cm³/mol. The summed E-state index contributed by atoms with van der Waals surface area (Å²) >= 11 is 0. The Kier molecular flexibility index (Phi) is 8.38. The molecule has 0 fully saturated rings. The lowest BCUT2D eigenvalue weighted by Gasteiger charge is -2.33. The summed E-state index contributed by atoms with van der Waals surface area (Å²) in [7, 11) is 0. The fraction of sp³-hybridized carbons (Fsp3) is 0.133. The molecular weight excluding hydrogens is 735 g/mol. The molecule has 2 aliphatic rings. The van der Waals surface area contributed by atoms with Crippen molar-refractivity contribution in [3.8, 4) is 55.6 Å². The second kappa shape index (κ2) is 13.8. The number of hydrogen-bond acceptors (Lipinski definition) is 1. The minimum Gasteiger partial charge on any atom is -0.309 e. The minimum atomic E-state index is -0.160. The molecule has 9 aromatic carbocycles. The molecular formula is C60H49N. The van der Waals surface area contributed by atoms with Crippen molar-refractivity contribution in [1.82, 2.24) is 0 Å². The fourth-order valence-corrected chi connectivity index (χ4v) is 10.6. The highest BCUT2D eigenvalue weighted by Crippen LogP contribution is 2.56. The molecule has 0 unspecified atom stereocenters. The van der Waals surface area contributed by atoms with Crippen molar-refractivity contribution in [1.29, 1.82) is 0 Å². The zero-order valence-corrected chi connectivity index (χ0v) is 35.8. The van der Waals surface area contributed by atoms with Crippen LogP contribution in [0.3, 0.4) is 0 Å². The number of aryl methyl sites for hydroxylation is 2. The van der Waals surface area contributed by atoms with E-state index in [4.69, 9.17) is 0 Å². The van der Waals surface area contributed by atoms with E-state index in [2.05, 4.69) is 234 Å². The van der Waals surface area contributed by atoms with Crippen LogP contribution in [0.25, 0.3) is 66.4 Å². The van der Waals surface area contributed by atoms with Gasteiger partial charge in [0.15, 0.2) is 0 Å². The standard InChI is InChI=1S/C60H49N/c1-38-17-7-11-21-46(38)52-34-43(42-28-27-40-19-9-10-20-41(40)33-42)35-53(47-22-12-8-18-39(47)2)58(52)61(44-29-31-50-48-23-13-15-25-54(48)59(3,4)56(50)36-44)45-30-32-51-49-24-14-16-26-55(49)60(5,6)57(51)37-45/h7-37H,1-6H3. The molecule has 61 heavy (non-hydrogen) atoms. The zero-order chi connectivity index (χ0) is 41.6. The van der Waals surface area contributed by atoms with Crippen LogP contribution in [0.1, 0.15) is 61.1 Å². The number of hydrogen-bond donors (Lipinski definition) is 0. The van der Waals surface area contributed by atoms with Crippen molar-refractivity contribution in [2.24, 2.45) is 0 Å². The van der Waals surface area contributed by atoms with Crippen LogP contribution >= 0.6 is 0 Å². The first-order valence-electron chi connectivity index (χ1n) is 21.7. The Balaban J connectivity index is 1.25. The van der Waals surface area contributed by atoms with Gasteiger partial charge in [0.1, 0.15) is 0 Å². The van der Waals surface area contributed by atoms with Gasteiger partial charge in [-0.1, -0.05) is 173 Å². The van der Waals surface area contributed by atoms with Gasteiger partial charge in [-0.3, -0.25) is 0 Å². The van der Waals surface area contributed by atoms with E-state index >= 15 is 0 Å². The predicted octanol–water partition coefficient (Wildman–Crippen LogP) is 16.5. The highest BCUT2D eigenvalue weighted by Gasteiger charge is 2.38. The van der Waals surface area contributed by atoms with Crippen molar-refractivity contribution in [2.45, 2.75) is 52.4 Å². The third kappa shape index (κ3) is 5.75. The molecule has 0 amide bonds. The first-order chi connectivity index (χ1) is 29.6. The van der Waals surface area contributed by atoms with E-state index in [0.29, 0.717) is 0 Å². The van der Waals surface area contributed by atoms with Gasteiger partial charge in [0.25, 0.3) is 0 Å². The molecule has 0 spiro atoms. The molecule has 1 nitrogen and oxygen atoms in total. The molecule has 9 aromatic rings. The number of benzene rings is 9. The lowest BCUT2D eigenvalue weighted by molar-refractivity contribution is 0.660. The highest BCUT2D eigenvalue weighted by molar-refractivity contribution is 6.02. The van der Waals surface area contributed by atoms with Crippen LogP contribution in [0.15, 0.2) is 188 Å². The van der Waals surface area contributed by atoms with Gasteiger partial charge < -0.3 is 4.90 Å². The minimum absolute atomic E-state index is 0.160. The lowest BCUT2D eigenvalue weighted by Crippen LogP contribution is -2.19. The van der Waals surface area contributed by atoms with Gasteiger partial charge in [0, 0.05) is 33.3 Å². The SMILES string of the molecule is Cc1ccccc1-c1cc(-c2ccc3ccccc3c2)cc(-c2ccccc2C)c1N(c1ccc2c(c1)C(C)(C)c1ccccc1-2)c1ccc2c(c1)C(C)(C)c1ccccc1-2. The lowest BCUT2D eigenvalue weighted by atomic mass is 9.81. The molecule has 0 aromatic heterocycles. The van der Waals surface area contributed by atoms with Crippen LogP contribution in [0, 0.1) is 13.8 Å². The first kappa shape index (κ1) is 37.1. The number of nitrogens with zero attached hydrogens (tertiary/aromatic N) is 1. The molecule has 0 bridgehead atoms. The summed E-state index contributed by atoms with van der Waals surface area (Å²) < 4.78 is 0. The summed E-state index contributed by atoms with van der Waals surface area (Å²) in [6, 6.07) is 70.7. The maximum absolute atomic E-state index is 2.59. The summed E-state index contributed by atoms with van der Waals surface area (Å²) in [6.07, 6.45) is 0. The average Bonchev–Trinajstić information content (AvgIpc) is 3.65. The second-order valence-electron chi connectivity index (χ2n) is 18.2. The third-order valence-corrected chi connectivity index (χ3v) is 13.9. The Bertz CT molecular complexity index is 3060. The molecule has 11 rings (SSSR count). The molecule has 2 aliphatic carbocycles. The fourth-order valence-electron chi connectivity index (χ4n) is 10.6. The largest absolute Gasteiger partial charge is 0.309 e. The van der Waals surface area contributed by atoms with Gasteiger partial charge in [0.05, 0.1) is 5.69 Å². The highest BCUT2D eigenvalue weighted by atomic mass is 15.1. The van der Waals surface area contributed by atoms with E-state index in [1.54, 1.807) is 0 Å². The molecule has 0 saturated heterocycles. The summed E-state index contributed by atoms with van der Waals surface area (Å²) in [6.45, 7) is 14.1. The molecule has 0 saturated carbocycles.